The van der Waals surface area contributed by atoms with Crippen LogP contribution in [0.4, 0.5) is 5.69 Å². The number of carbonyl (C=O) groups excluding carboxylic acids is 1. The summed E-state index contributed by atoms with van der Waals surface area (Å²) in [5.41, 5.74) is 2.53. The Morgan fingerprint density at radius 2 is 2.15 bits per heavy atom. The molecule has 26 heavy (non-hydrogen) atoms. The molecule has 136 valence electrons. The number of thioether (sulfide) groups is 1. The summed E-state index contributed by atoms with van der Waals surface area (Å²) in [6, 6.07) is 13.1. The zero-order chi connectivity index (χ0) is 18.5. The van der Waals surface area contributed by atoms with Crippen molar-refractivity contribution in [2.24, 2.45) is 0 Å². The van der Waals surface area contributed by atoms with Gasteiger partial charge in [0.05, 0.1) is 29.1 Å². The van der Waals surface area contributed by atoms with E-state index in [0.717, 1.165) is 26.3 Å². The van der Waals surface area contributed by atoms with Crippen LogP contribution in [0.2, 0.25) is 5.02 Å². The predicted octanol–water partition coefficient (Wildman–Crippen LogP) is 4.83. The minimum atomic E-state index is -0.0923. The van der Waals surface area contributed by atoms with Crippen LogP contribution in [0.3, 0.4) is 0 Å². The second kappa shape index (κ2) is 8.90. The number of anilines is 1. The molecule has 0 fully saturated rings. The zero-order valence-corrected chi connectivity index (χ0v) is 17.2. The number of para-hydroxylation sites is 1. The highest BCUT2D eigenvalue weighted by molar-refractivity contribution is 9.10. The van der Waals surface area contributed by atoms with Gasteiger partial charge in [-0.25, -0.2) is 4.98 Å². The predicted molar refractivity (Wildman–Crippen MR) is 110 cm³/mol. The van der Waals surface area contributed by atoms with Gasteiger partial charge in [-0.3, -0.25) is 4.79 Å². The highest BCUT2D eigenvalue weighted by Crippen LogP contribution is 2.27. The average Bonchev–Trinajstić information content (AvgIpc) is 2.96. The van der Waals surface area contributed by atoms with E-state index in [4.69, 9.17) is 16.3 Å². The summed E-state index contributed by atoms with van der Waals surface area (Å²) >= 11 is 10.9. The Balaban J connectivity index is 1.75. The molecule has 0 spiro atoms. The molecule has 0 atom stereocenters. The van der Waals surface area contributed by atoms with Crippen molar-refractivity contribution in [2.75, 3.05) is 24.8 Å². The summed E-state index contributed by atoms with van der Waals surface area (Å²) < 4.78 is 8.09. The van der Waals surface area contributed by atoms with E-state index in [1.165, 1.54) is 11.8 Å². The van der Waals surface area contributed by atoms with Crippen LogP contribution in [-0.2, 0) is 16.1 Å². The molecule has 0 unspecified atom stereocenters. The maximum Gasteiger partial charge on any atom is 0.234 e. The van der Waals surface area contributed by atoms with Gasteiger partial charge in [-0.2, -0.15) is 0 Å². The lowest BCUT2D eigenvalue weighted by molar-refractivity contribution is -0.113. The fourth-order valence-electron chi connectivity index (χ4n) is 2.47. The lowest BCUT2D eigenvalue weighted by Gasteiger charge is -2.09. The van der Waals surface area contributed by atoms with Crippen LogP contribution in [0.1, 0.15) is 0 Å². The van der Waals surface area contributed by atoms with Crippen molar-refractivity contribution in [3.63, 3.8) is 0 Å². The van der Waals surface area contributed by atoms with Crippen molar-refractivity contribution in [3.8, 4) is 0 Å². The van der Waals surface area contributed by atoms with Crippen LogP contribution in [0.5, 0.6) is 0 Å². The van der Waals surface area contributed by atoms with Crippen molar-refractivity contribution >= 4 is 61.9 Å². The van der Waals surface area contributed by atoms with Crippen molar-refractivity contribution in [1.82, 2.24) is 9.55 Å². The Bertz CT molecular complexity index is 932. The summed E-state index contributed by atoms with van der Waals surface area (Å²) in [7, 11) is 1.66. The third-order valence-corrected chi connectivity index (χ3v) is 5.58. The van der Waals surface area contributed by atoms with Crippen molar-refractivity contribution in [1.29, 1.82) is 0 Å². The molecule has 0 bridgehead atoms. The molecule has 1 aromatic heterocycles. The van der Waals surface area contributed by atoms with Gasteiger partial charge in [0, 0.05) is 23.1 Å². The van der Waals surface area contributed by atoms with E-state index in [9.17, 15) is 4.79 Å². The Hall–Kier alpha value is -1.54. The molecule has 1 heterocycles. The second-order valence-corrected chi connectivity index (χ2v) is 7.72. The summed E-state index contributed by atoms with van der Waals surface area (Å²) in [6.45, 7) is 1.22. The Kier molecular flexibility index (Phi) is 6.58. The van der Waals surface area contributed by atoms with Gasteiger partial charge in [-0.1, -0.05) is 35.5 Å². The van der Waals surface area contributed by atoms with E-state index in [1.54, 1.807) is 7.11 Å². The first-order valence-electron chi connectivity index (χ1n) is 7.90. The van der Waals surface area contributed by atoms with Gasteiger partial charge in [0.2, 0.25) is 5.91 Å². The van der Waals surface area contributed by atoms with Gasteiger partial charge in [0.25, 0.3) is 0 Å². The molecular weight excluding hydrogens is 438 g/mol. The molecular formula is C18H17BrClN3O2S. The number of halogens is 2. The van der Waals surface area contributed by atoms with E-state index in [1.807, 2.05) is 47.0 Å². The average molecular weight is 455 g/mol. The number of imidazole rings is 1. The minimum absolute atomic E-state index is 0.0923. The minimum Gasteiger partial charge on any atom is -0.383 e. The third kappa shape index (κ3) is 4.59. The van der Waals surface area contributed by atoms with Crippen LogP contribution < -0.4 is 5.32 Å². The second-order valence-electron chi connectivity index (χ2n) is 5.49. The quantitative estimate of drug-likeness (QED) is 0.520. The van der Waals surface area contributed by atoms with Crippen molar-refractivity contribution in [2.45, 2.75) is 11.7 Å². The lowest BCUT2D eigenvalue weighted by Crippen LogP contribution is -2.15. The lowest BCUT2D eigenvalue weighted by atomic mass is 10.3. The Morgan fingerprint density at radius 3 is 2.92 bits per heavy atom. The standard InChI is InChI=1S/C18H17BrClN3O2S/c1-25-9-8-23-16-7-6-12(20)10-15(16)22-18(23)26-11-17(24)21-14-5-3-2-4-13(14)19/h2-7,10H,8-9,11H2,1H3,(H,21,24). The molecule has 0 radical (unpaired) electrons. The molecule has 0 saturated carbocycles. The van der Waals surface area contributed by atoms with Crippen LogP contribution in [0, 0.1) is 0 Å². The number of ether oxygens (including phenoxy) is 1. The van der Waals surface area contributed by atoms with Crippen LogP contribution in [-0.4, -0.2) is 34.9 Å². The van der Waals surface area contributed by atoms with Gasteiger partial charge in [-0.05, 0) is 46.3 Å². The van der Waals surface area contributed by atoms with Gasteiger partial charge in [0.1, 0.15) is 0 Å². The number of fused-ring (bicyclic) bond motifs is 1. The molecule has 0 aliphatic carbocycles. The van der Waals surface area contributed by atoms with E-state index < -0.39 is 0 Å². The molecule has 5 nitrogen and oxygen atoms in total. The molecule has 3 aromatic rings. The van der Waals surface area contributed by atoms with Gasteiger partial charge >= 0.3 is 0 Å². The maximum atomic E-state index is 12.3. The molecule has 1 N–H and O–H groups in total. The molecule has 0 aliphatic rings. The number of methoxy groups -OCH3 is 1. The highest BCUT2D eigenvalue weighted by atomic mass is 79.9. The van der Waals surface area contributed by atoms with E-state index in [2.05, 4.69) is 26.2 Å². The summed E-state index contributed by atoms with van der Waals surface area (Å²) in [5.74, 6) is 0.163. The normalized spacial score (nSPS) is 11.0. The molecule has 8 heteroatoms. The first-order chi connectivity index (χ1) is 12.6. The van der Waals surface area contributed by atoms with Gasteiger partial charge in [0.15, 0.2) is 5.16 Å². The highest BCUT2D eigenvalue weighted by Gasteiger charge is 2.14. The number of amides is 1. The number of carbonyl (C=O) groups is 1. The van der Waals surface area contributed by atoms with Crippen molar-refractivity contribution < 1.29 is 9.53 Å². The smallest absolute Gasteiger partial charge is 0.234 e. The zero-order valence-electron chi connectivity index (χ0n) is 14.0. The van der Waals surface area contributed by atoms with E-state index in [-0.39, 0.29) is 11.7 Å². The number of nitrogens with one attached hydrogen (secondary N) is 1. The SMILES string of the molecule is COCCn1c(SCC(=O)Nc2ccccc2Br)nc2cc(Cl)ccc21. The first kappa shape index (κ1) is 19.2. The molecule has 2 aromatic carbocycles. The number of hydrogen-bond donors (Lipinski definition) is 1. The summed E-state index contributed by atoms with van der Waals surface area (Å²) in [5, 5.41) is 4.30. The number of aromatic nitrogens is 2. The number of nitrogens with zero attached hydrogens (tertiary/aromatic N) is 2. The third-order valence-electron chi connectivity index (χ3n) is 3.67. The van der Waals surface area contributed by atoms with Crippen LogP contribution in [0.15, 0.2) is 52.1 Å². The van der Waals surface area contributed by atoms with Gasteiger partial charge < -0.3 is 14.6 Å². The molecule has 1 amide bonds. The Morgan fingerprint density at radius 1 is 1.35 bits per heavy atom. The summed E-state index contributed by atoms with van der Waals surface area (Å²) in [4.78, 5) is 16.9. The van der Waals surface area contributed by atoms with E-state index in [0.29, 0.717) is 18.2 Å². The van der Waals surface area contributed by atoms with Crippen LogP contribution in [0.25, 0.3) is 11.0 Å². The van der Waals surface area contributed by atoms with Crippen LogP contribution >= 0.6 is 39.3 Å². The molecule has 3 rings (SSSR count). The Labute approximate surface area is 169 Å². The maximum absolute atomic E-state index is 12.3. The first-order valence-corrected chi connectivity index (χ1v) is 10.1. The topological polar surface area (TPSA) is 56.1 Å². The number of hydrogen-bond acceptors (Lipinski definition) is 4. The largest absolute Gasteiger partial charge is 0.383 e. The van der Waals surface area contributed by atoms with Gasteiger partial charge in [-0.15, -0.1) is 0 Å². The monoisotopic (exact) mass is 453 g/mol. The molecule has 0 aliphatic heterocycles. The fraction of sp³-hybridized carbons (Fsp3) is 0.222. The van der Waals surface area contributed by atoms with E-state index >= 15 is 0 Å². The fourth-order valence-corrected chi connectivity index (χ4v) is 3.86. The van der Waals surface area contributed by atoms with Crippen molar-refractivity contribution in [3.05, 3.63) is 52.0 Å². The summed E-state index contributed by atoms with van der Waals surface area (Å²) in [6.07, 6.45) is 0. The number of rotatable bonds is 7. The molecule has 0 saturated heterocycles. The number of benzene rings is 2.